The predicted octanol–water partition coefficient (Wildman–Crippen LogP) is 6.09. The van der Waals surface area contributed by atoms with Gasteiger partial charge in [-0.2, -0.15) is 0 Å². The van der Waals surface area contributed by atoms with Crippen molar-refractivity contribution in [3.8, 4) is 0 Å². The highest BCUT2D eigenvalue weighted by molar-refractivity contribution is 5.85. The first-order valence-corrected chi connectivity index (χ1v) is 13.0. The Bertz CT molecular complexity index is 857. The first-order valence-electron chi connectivity index (χ1n) is 13.0. The van der Waals surface area contributed by atoms with Crippen molar-refractivity contribution < 1.29 is 19.1 Å². The van der Waals surface area contributed by atoms with Crippen molar-refractivity contribution in [2.75, 3.05) is 6.61 Å². The van der Waals surface area contributed by atoms with Crippen molar-refractivity contribution in [1.29, 1.82) is 0 Å². The van der Waals surface area contributed by atoms with Crippen LogP contribution in [0.25, 0.3) is 0 Å². The lowest BCUT2D eigenvalue weighted by Gasteiger charge is -2.63. The van der Waals surface area contributed by atoms with E-state index in [9.17, 15) is 9.59 Å². The van der Waals surface area contributed by atoms with Gasteiger partial charge in [0, 0.05) is 24.4 Å². The van der Waals surface area contributed by atoms with Crippen LogP contribution in [-0.4, -0.2) is 24.6 Å². The van der Waals surface area contributed by atoms with Gasteiger partial charge in [-0.3, -0.25) is 9.59 Å². The molecular formula is C28H42O4. The molecule has 4 heteroatoms. The summed E-state index contributed by atoms with van der Waals surface area (Å²) in [5.41, 5.74) is 1.98. The Morgan fingerprint density at radius 1 is 1.06 bits per heavy atom. The summed E-state index contributed by atoms with van der Waals surface area (Å²) in [5, 5.41) is 0. The molecule has 0 N–H and O–H groups in total. The van der Waals surface area contributed by atoms with E-state index in [0.29, 0.717) is 36.6 Å². The highest BCUT2D eigenvalue weighted by Crippen LogP contribution is 2.73. The van der Waals surface area contributed by atoms with E-state index in [4.69, 9.17) is 9.47 Å². The molecular weight excluding hydrogens is 400 g/mol. The number of cyclic esters (lactones) is 1. The van der Waals surface area contributed by atoms with E-state index in [0.717, 1.165) is 25.7 Å². The lowest BCUT2D eigenvalue weighted by Crippen LogP contribution is -2.57. The molecule has 1 heterocycles. The SMILES string of the molecule is CCOC1OC(=O)CC1C1CCC2(C)C3=CCC4C(C)(C)C(=O)CCC4(C)C3CCC12C. The number of carbonyl (C=O) groups is 2. The minimum atomic E-state index is -0.373. The monoisotopic (exact) mass is 442 g/mol. The molecule has 5 rings (SSSR count). The van der Waals surface area contributed by atoms with Crippen LogP contribution in [0.15, 0.2) is 11.6 Å². The minimum absolute atomic E-state index is 0.0966. The number of hydrogen-bond donors (Lipinski definition) is 0. The zero-order valence-corrected chi connectivity index (χ0v) is 21.0. The van der Waals surface area contributed by atoms with Gasteiger partial charge in [-0.15, -0.1) is 0 Å². The molecule has 1 saturated heterocycles. The number of ether oxygens (including phenoxy) is 2. The van der Waals surface area contributed by atoms with Gasteiger partial charge in [0.05, 0.1) is 6.42 Å². The summed E-state index contributed by atoms with van der Waals surface area (Å²) in [6, 6.07) is 0. The first kappa shape index (κ1) is 22.6. The fourth-order valence-corrected chi connectivity index (χ4v) is 9.45. The van der Waals surface area contributed by atoms with Gasteiger partial charge in [0.25, 0.3) is 0 Å². The second-order valence-electron chi connectivity index (χ2n) is 12.8. The Kier molecular flexibility index (Phi) is 5.07. The van der Waals surface area contributed by atoms with Crippen LogP contribution in [0.2, 0.25) is 0 Å². The molecule has 0 aromatic heterocycles. The van der Waals surface area contributed by atoms with Gasteiger partial charge >= 0.3 is 5.97 Å². The second-order valence-corrected chi connectivity index (χ2v) is 12.8. The van der Waals surface area contributed by atoms with Gasteiger partial charge in [-0.05, 0) is 79.4 Å². The van der Waals surface area contributed by atoms with E-state index in [1.165, 1.54) is 19.3 Å². The molecule has 0 bridgehead atoms. The van der Waals surface area contributed by atoms with Gasteiger partial charge in [0.1, 0.15) is 5.78 Å². The largest absolute Gasteiger partial charge is 0.435 e. The van der Waals surface area contributed by atoms with Crippen molar-refractivity contribution in [2.45, 2.75) is 99.2 Å². The summed E-state index contributed by atoms with van der Waals surface area (Å²) < 4.78 is 11.5. The Balaban J connectivity index is 1.50. The third-order valence-corrected chi connectivity index (χ3v) is 11.5. The quantitative estimate of drug-likeness (QED) is 0.392. The standard InChI is InChI=1S/C28H42O4/c1-7-31-24-17(16-23(30)32-24)18-10-14-28(6)20-8-9-21-25(2,3)22(29)12-13-26(21,4)19(20)11-15-27(18,28)5/h8,17-19,21,24H,7,9-16H2,1-6H3. The third-order valence-electron chi connectivity index (χ3n) is 11.5. The van der Waals surface area contributed by atoms with Crippen LogP contribution in [0, 0.1) is 45.3 Å². The maximum Gasteiger partial charge on any atom is 0.308 e. The molecule has 0 amide bonds. The van der Waals surface area contributed by atoms with Crippen molar-refractivity contribution in [2.24, 2.45) is 45.3 Å². The van der Waals surface area contributed by atoms with Gasteiger partial charge in [0.2, 0.25) is 6.29 Å². The van der Waals surface area contributed by atoms with Crippen molar-refractivity contribution in [1.82, 2.24) is 0 Å². The van der Waals surface area contributed by atoms with Gasteiger partial charge in [-0.1, -0.05) is 46.3 Å². The molecule has 5 aliphatic rings. The topological polar surface area (TPSA) is 52.6 Å². The van der Waals surface area contributed by atoms with Crippen LogP contribution in [0.4, 0.5) is 0 Å². The maximum atomic E-state index is 12.8. The Hall–Kier alpha value is -1.16. The van der Waals surface area contributed by atoms with Crippen LogP contribution in [0.5, 0.6) is 0 Å². The summed E-state index contributed by atoms with van der Waals surface area (Å²) in [4.78, 5) is 25.0. The Morgan fingerprint density at radius 2 is 1.81 bits per heavy atom. The number of ketones is 1. The summed E-state index contributed by atoms with van der Waals surface area (Å²) in [6.45, 7) is 14.5. The third kappa shape index (κ3) is 2.77. The zero-order valence-electron chi connectivity index (χ0n) is 21.0. The molecule has 0 aromatic carbocycles. The summed E-state index contributed by atoms with van der Waals surface area (Å²) in [6.07, 6.45) is 10.2. The highest BCUT2D eigenvalue weighted by Gasteiger charge is 2.66. The fraction of sp³-hybridized carbons (Fsp3) is 0.857. The number of esters is 1. The number of carbonyl (C=O) groups excluding carboxylic acids is 2. The van der Waals surface area contributed by atoms with Crippen LogP contribution in [0.1, 0.15) is 92.9 Å². The molecule has 4 nitrogen and oxygen atoms in total. The highest BCUT2D eigenvalue weighted by atomic mass is 16.7. The van der Waals surface area contributed by atoms with Crippen molar-refractivity contribution in [3.05, 3.63) is 11.6 Å². The molecule has 32 heavy (non-hydrogen) atoms. The molecule has 178 valence electrons. The van der Waals surface area contributed by atoms with E-state index in [-0.39, 0.29) is 39.8 Å². The van der Waals surface area contributed by atoms with Crippen LogP contribution >= 0.6 is 0 Å². The number of rotatable bonds is 3. The molecule has 1 aliphatic heterocycles. The summed E-state index contributed by atoms with van der Waals surface area (Å²) >= 11 is 0. The molecule has 0 radical (unpaired) electrons. The molecule has 4 fully saturated rings. The van der Waals surface area contributed by atoms with E-state index >= 15 is 0 Å². The Labute approximate surface area is 193 Å². The lowest BCUT2D eigenvalue weighted by atomic mass is 9.41. The molecule has 8 atom stereocenters. The van der Waals surface area contributed by atoms with E-state index < -0.39 is 0 Å². The van der Waals surface area contributed by atoms with Crippen LogP contribution in [-0.2, 0) is 19.1 Å². The van der Waals surface area contributed by atoms with Crippen LogP contribution < -0.4 is 0 Å². The summed E-state index contributed by atoms with van der Waals surface area (Å²) in [5.74, 6) is 2.00. The lowest BCUT2D eigenvalue weighted by molar-refractivity contribution is -0.172. The average molecular weight is 443 g/mol. The smallest absolute Gasteiger partial charge is 0.308 e. The molecule has 8 unspecified atom stereocenters. The fourth-order valence-electron chi connectivity index (χ4n) is 9.45. The van der Waals surface area contributed by atoms with E-state index in [1.807, 2.05) is 6.92 Å². The zero-order chi connectivity index (χ0) is 23.1. The van der Waals surface area contributed by atoms with Gasteiger partial charge < -0.3 is 9.47 Å². The molecule has 3 saturated carbocycles. The average Bonchev–Trinajstić information content (AvgIpc) is 3.22. The molecule has 4 aliphatic carbocycles. The van der Waals surface area contributed by atoms with Crippen LogP contribution in [0.3, 0.4) is 0 Å². The number of fused-ring (bicyclic) bond motifs is 5. The predicted molar refractivity (Wildman–Crippen MR) is 124 cm³/mol. The summed E-state index contributed by atoms with van der Waals surface area (Å²) in [7, 11) is 0. The number of allylic oxidation sites excluding steroid dienone is 2. The number of Topliss-reactive ketones (excluding diaryl/α,β-unsaturated/α-hetero) is 1. The normalized spacial score (nSPS) is 49.7. The number of hydrogen-bond acceptors (Lipinski definition) is 4. The van der Waals surface area contributed by atoms with Gasteiger partial charge in [-0.25, -0.2) is 0 Å². The van der Waals surface area contributed by atoms with E-state index in [2.05, 4.69) is 40.7 Å². The first-order chi connectivity index (χ1) is 15.0. The molecule has 0 spiro atoms. The maximum absolute atomic E-state index is 12.8. The Morgan fingerprint density at radius 3 is 2.53 bits per heavy atom. The van der Waals surface area contributed by atoms with Crippen molar-refractivity contribution in [3.63, 3.8) is 0 Å². The minimum Gasteiger partial charge on any atom is -0.435 e. The molecule has 0 aromatic rings. The van der Waals surface area contributed by atoms with E-state index in [1.54, 1.807) is 5.57 Å². The van der Waals surface area contributed by atoms with Crippen molar-refractivity contribution >= 4 is 11.8 Å². The second kappa shape index (κ2) is 7.17. The van der Waals surface area contributed by atoms with Gasteiger partial charge in [0.15, 0.2) is 0 Å².